The standard InChI is InChI=1S/C34H33NO8/c1-5-43-33(40)34(19-35)24(23-12-15-26(37)30(17-23)42-4)18-28(39)31(32(34)22-10-6-20(2)7-11-22)27(38)14-9-21-8-13-25(36)29(16-21)41-3/h6-17,24,32,36-38H,5,18H2,1-4H3/b14-9+,31-27-. The highest BCUT2D eigenvalue weighted by Crippen LogP contribution is 2.57. The zero-order chi connectivity index (χ0) is 31.3. The van der Waals surface area contributed by atoms with Crippen molar-refractivity contribution in [2.45, 2.75) is 32.1 Å². The van der Waals surface area contributed by atoms with E-state index >= 15 is 0 Å². The highest BCUT2D eigenvalue weighted by Gasteiger charge is 2.61. The third-order valence-electron chi connectivity index (χ3n) is 7.71. The highest BCUT2D eigenvalue weighted by atomic mass is 16.5. The fourth-order valence-electron chi connectivity index (χ4n) is 5.58. The maximum absolute atomic E-state index is 14.0. The van der Waals surface area contributed by atoms with Gasteiger partial charge in [0.2, 0.25) is 0 Å². The third kappa shape index (κ3) is 5.77. The Labute approximate surface area is 249 Å². The molecule has 3 atom stereocenters. The molecule has 43 heavy (non-hydrogen) atoms. The predicted molar refractivity (Wildman–Crippen MR) is 159 cm³/mol. The lowest BCUT2D eigenvalue weighted by Crippen LogP contribution is -2.49. The first-order valence-corrected chi connectivity index (χ1v) is 13.6. The number of carbonyl (C=O) groups is 2. The van der Waals surface area contributed by atoms with Crippen LogP contribution in [0.5, 0.6) is 23.0 Å². The van der Waals surface area contributed by atoms with E-state index in [1.165, 1.54) is 44.6 Å². The van der Waals surface area contributed by atoms with Gasteiger partial charge in [-0.1, -0.05) is 48.0 Å². The molecule has 0 bridgehead atoms. The number of aromatic hydroxyl groups is 2. The second-order valence-electron chi connectivity index (χ2n) is 10.2. The van der Waals surface area contributed by atoms with Crippen LogP contribution in [0.25, 0.3) is 6.08 Å². The van der Waals surface area contributed by atoms with Crippen LogP contribution in [-0.2, 0) is 14.3 Å². The van der Waals surface area contributed by atoms with Gasteiger partial charge < -0.3 is 29.5 Å². The normalized spacial score (nSPS) is 21.2. The van der Waals surface area contributed by atoms with E-state index in [2.05, 4.69) is 6.07 Å². The summed E-state index contributed by atoms with van der Waals surface area (Å²) in [6.07, 6.45) is 2.54. The minimum atomic E-state index is -1.99. The Morgan fingerprint density at radius 1 is 1.00 bits per heavy atom. The molecule has 0 amide bonds. The van der Waals surface area contributed by atoms with E-state index < -0.39 is 34.8 Å². The molecule has 9 heteroatoms. The number of nitriles is 1. The average molecular weight is 584 g/mol. The lowest BCUT2D eigenvalue weighted by atomic mass is 9.54. The Hall–Kier alpha value is -5.23. The molecule has 1 fully saturated rings. The lowest BCUT2D eigenvalue weighted by molar-refractivity contribution is -0.155. The number of methoxy groups -OCH3 is 2. The van der Waals surface area contributed by atoms with Gasteiger partial charge in [0, 0.05) is 23.8 Å². The topological polar surface area (TPSA) is 146 Å². The van der Waals surface area contributed by atoms with Crippen molar-refractivity contribution in [3.8, 4) is 29.1 Å². The van der Waals surface area contributed by atoms with Gasteiger partial charge in [0.05, 0.1) is 26.9 Å². The van der Waals surface area contributed by atoms with E-state index in [-0.39, 0.29) is 41.6 Å². The van der Waals surface area contributed by atoms with Crippen LogP contribution in [0.15, 0.2) is 78.1 Å². The number of esters is 1. The molecule has 1 aliphatic rings. The molecular weight excluding hydrogens is 550 g/mol. The summed E-state index contributed by atoms with van der Waals surface area (Å²) in [6.45, 7) is 3.49. The number of ether oxygens (including phenoxy) is 3. The number of aliphatic hydroxyl groups excluding tert-OH is 1. The summed E-state index contributed by atoms with van der Waals surface area (Å²) < 4.78 is 15.9. The zero-order valence-corrected chi connectivity index (χ0v) is 24.3. The number of Topliss-reactive ketones (excluding diaryl/α,β-unsaturated/α-hetero) is 1. The number of aliphatic hydroxyl groups is 1. The largest absolute Gasteiger partial charge is 0.508 e. The number of phenolic OH excluding ortho intramolecular Hbond substituents is 2. The third-order valence-corrected chi connectivity index (χ3v) is 7.71. The first-order valence-electron chi connectivity index (χ1n) is 13.6. The summed E-state index contributed by atoms with van der Waals surface area (Å²) in [6, 6.07) is 18.3. The van der Waals surface area contributed by atoms with Crippen LogP contribution in [0.1, 0.15) is 47.4 Å². The van der Waals surface area contributed by atoms with Crippen molar-refractivity contribution >= 4 is 17.8 Å². The van der Waals surface area contributed by atoms with Crippen molar-refractivity contribution in [2.75, 3.05) is 20.8 Å². The van der Waals surface area contributed by atoms with Crippen molar-refractivity contribution in [1.29, 1.82) is 5.26 Å². The molecule has 3 aromatic rings. The number of aryl methyl sites for hydroxylation is 1. The van der Waals surface area contributed by atoms with Crippen LogP contribution in [0.3, 0.4) is 0 Å². The van der Waals surface area contributed by atoms with Crippen molar-refractivity contribution in [3.63, 3.8) is 0 Å². The van der Waals surface area contributed by atoms with Crippen LogP contribution < -0.4 is 9.47 Å². The number of carbonyl (C=O) groups excluding carboxylic acids is 2. The van der Waals surface area contributed by atoms with Crippen molar-refractivity contribution in [2.24, 2.45) is 5.41 Å². The summed E-state index contributed by atoms with van der Waals surface area (Å²) >= 11 is 0. The van der Waals surface area contributed by atoms with Crippen LogP contribution in [0.2, 0.25) is 0 Å². The number of hydrogen-bond acceptors (Lipinski definition) is 9. The van der Waals surface area contributed by atoms with Gasteiger partial charge in [-0.05, 0) is 60.9 Å². The van der Waals surface area contributed by atoms with Crippen molar-refractivity contribution in [3.05, 3.63) is 100 Å². The van der Waals surface area contributed by atoms with E-state index in [9.17, 15) is 30.2 Å². The minimum absolute atomic E-state index is 0.0178. The summed E-state index contributed by atoms with van der Waals surface area (Å²) in [5.74, 6) is -3.83. The molecule has 0 radical (unpaired) electrons. The number of hydrogen-bond donors (Lipinski definition) is 3. The van der Waals surface area contributed by atoms with Gasteiger partial charge in [0.25, 0.3) is 0 Å². The van der Waals surface area contributed by atoms with Gasteiger partial charge >= 0.3 is 5.97 Å². The molecule has 3 unspecified atom stereocenters. The quantitative estimate of drug-likeness (QED) is 0.168. The van der Waals surface area contributed by atoms with Crippen molar-refractivity contribution < 1.29 is 39.1 Å². The molecule has 9 nitrogen and oxygen atoms in total. The molecule has 0 saturated heterocycles. The maximum Gasteiger partial charge on any atom is 0.328 e. The molecule has 0 aromatic heterocycles. The number of ketones is 1. The Morgan fingerprint density at radius 3 is 2.21 bits per heavy atom. The summed E-state index contributed by atoms with van der Waals surface area (Å²) in [5.41, 5.74) is 0.260. The lowest BCUT2D eigenvalue weighted by Gasteiger charge is -2.44. The zero-order valence-electron chi connectivity index (χ0n) is 24.3. The first-order chi connectivity index (χ1) is 20.6. The molecule has 4 rings (SSSR count). The number of benzene rings is 3. The van der Waals surface area contributed by atoms with Crippen LogP contribution in [0.4, 0.5) is 0 Å². The first kappa shape index (κ1) is 30.7. The van der Waals surface area contributed by atoms with Gasteiger partial charge in [0.15, 0.2) is 34.2 Å². The molecule has 3 N–H and O–H groups in total. The van der Waals surface area contributed by atoms with Gasteiger partial charge in [-0.3, -0.25) is 9.59 Å². The van der Waals surface area contributed by atoms with E-state index in [1.807, 2.05) is 6.92 Å². The maximum atomic E-state index is 14.0. The van der Waals surface area contributed by atoms with Crippen LogP contribution in [0, 0.1) is 23.7 Å². The number of nitrogens with zero attached hydrogens (tertiary/aromatic N) is 1. The van der Waals surface area contributed by atoms with Crippen LogP contribution in [-0.4, -0.2) is 47.9 Å². The Balaban J connectivity index is 1.99. The van der Waals surface area contributed by atoms with Gasteiger partial charge in [-0.2, -0.15) is 5.26 Å². The molecule has 0 heterocycles. The summed E-state index contributed by atoms with van der Waals surface area (Å²) in [7, 11) is 2.78. The fraction of sp³-hybridized carbons (Fsp3) is 0.265. The second kappa shape index (κ2) is 12.7. The molecular formula is C34H33NO8. The van der Waals surface area contributed by atoms with E-state index in [4.69, 9.17) is 14.2 Å². The molecule has 1 aliphatic carbocycles. The predicted octanol–water partition coefficient (Wildman–Crippen LogP) is 5.86. The summed E-state index contributed by atoms with van der Waals surface area (Å²) in [5, 5.41) is 42.5. The fourth-order valence-corrected chi connectivity index (χ4v) is 5.58. The van der Waals surface area contributed by atoms with Crippen LogP contribution >= 0.6 is 0 Å². The smallest absolute Gasteiger partial charge is 0.328 e. The molecule has 0 spiro atoms. The van der Waals surface area contributed by atoms with E-state index in [0.717, 1.165) is 5.56 Å². The molecule has 0 aliphatic heterocycles. The van der Waals surface area contributed by atoms with E-state index in [0.29, 0.717) is 16.7 Å². The molecule has 1 saturated carbocycles. The molecule has 3 aromatic carbocycles. The molecule has 222 valence electrons. The van der Waals surface area contributed by atoms with Gasteiger partial charge in [0.1, 0.15) is 5.76 Å². The number of allylic oxidation sites excluding steroid dienone is 2. The highest BCUT2D eigenvalue weighted by molar-refractivity contribution is 6.03. The average Bonchev–Trinajstić information content (AvgIpc) is 3.00. The number of rotatable bonds is 8. The van der Waals surface area contributed by atoms with Crippen molar-refractivity contribution in [1.82, 2.24) is 0 Å². The Kier molecular flexibility index (Phi) is 9.10. The van der Waals surface area contributed by atoms with Gasteiger partial charge in [-0.15, -0.1) is 0 Å². The van der Waals surface area contributed by atoms with Gasteiger partial charge in [-0.25, -0.2) is 0 Å². The Morgan fingerprint density at radius 2 is 1.60 bits per heavy atom. The number of phenols is 2. The summed E-state index contributed by atoms with van der Waals surface area (Å²) in [4.78, 5) is 28.0. The second-order valence-corrected chi connectivity index (χ2v) is 10.2. The van der Waals surface area contributed by atoms with E-state index in [1.54, 1.807) is 49.4 Å². The minimum Gasteiger partial charge on any atom is -0.508 e. The SMILES string of the molecule is CCOC(=O)C1(C#N)C(c2ccc(O)c(OC)c2)CC(=O)/C(=C(O)\C=C\c2ccc(O)c(OC)c2)C1c1ccc(C)cc1. The monoisotopic (exact) mass is 583 g/mol. The Bertz CT molecular complexity index is 1630.